The first-order valence-electron chi connectivity index (χ1n) is 5.29. The van der Waals surface area contributed by atoms with Crippen LogP contribution < -0.4 is 11.1 Å². The minimum atomic E-state index is -0.770. The minimum absolute atomic E-state index is 0.115. The minimum Gasteiger partial charge on any atom is -0.399 e. The number of benzene rings is 2. The van der Waals surface area contributed by atoms with Gasteiger partial charge in [-0.25, -0.2) is 4.39 Å². The summed E-state index contributed by atoms with van der Waals surface area (Å²) in [4.78, 5) is 11.9. The number of anilines is 2. The Hall–Kier alpha value is -1.78. The Morgan fingerprint density at radius 3 is 2.58 bits per heavy atom. The van der Waals surface area contributed by atoms with Crippen molar-refractivity contribution in [3.8, 4) is 0 Å². The van der Waals surface area contributed by atoms with Gasteiger partial charge >= 0.3 is 0 Å². The largest absolute Gasteiger partial charge is 0.399 e. The maximum Gasteiger partial charge on any atom is 0.258 e. The third-order valence-electron chi connectivity index (χ3n) is 2.44. The lowest BCUT2D eigenvalue weighted by Crippen LogP contribution is -2.14. The molecule has 0 spiro atoms. The molecule has 0 fully saturated rings. The van der Waals surface area contributed by atoms with Crippen LogP contribution in [0.5, 0.6) is 0 Å². The first-order valence-corrected chi connectivity index (χ1v) is 6.05. The fraction of sp³-hybridized carbons (Fsp3) is 0. The van der Waals surface area contributed by atoms with E-state index < -0.39 is 11.7 Å². The Morgan fingerprint density at radius 1 is 1.16 bits per heavy atom. The van der Waals surface area contributed by atoms with Crippen molar-refractivity contribution >= 4 is 40.5 Å². The van der Waals surface area contributed by atoms with Gasteiger partial charge in [0.05, 0.1) is 21.3 Å². The molecule has 19 heavy (non-hydrogen) atoms. The molecule has 0 aliphatic rings. The van der Waals surface area contributed by atoms with E-state index in [1.54, 1.807) is 6.07 Å². The second-order valence-corrected chi connectivity index (χ2v) is 4.61. The molecule has 0 radical (unpaired) electrons. The molecular formula is C13H9Cl2FN2O. The third-order valence-corrected chi connectivity index (χ3v) is 3.04. The quantitative estimate of drug-likeness (QED) is 0.824. The van der Waals surface area contributed by atoms with Crippen LogP contribution in [0.4, 0.5) is 15.8 Å². The molecule has 0 aromatic heterocycles. The summed E-state index contributed by atoms with van der Waals surface area (Å²) in [6.45, 7) is 0. The molecule has 2 rings (SSSR count). The van der Waals surface area contributed by atoms with E-state index in [0.717, 1.165) is 0 Å². The normalized spacial score (nSPS) is 10.3. The molecule has 3 N–H and O–H groups in total. The van der Waals surface area contributed by atoms with E-state index in [1.807, 2.05) is 0 Å². The molecule has 0 saturated carbocycles. The molecule has 0 unspecified atom stereocenters. The molecule has 0 aliphatic carbocycles. The summed E-state index contributed by atoms with van der Waals surface area (Å²) in [5.41, 5.74) is 6.20. The van der Waals surface area contributed by atoms with Crippen LogP contribution in [0.15, 0.2) is 36.4 Å². The summed E-state index contributed by atoms with van der Waals surface area (Å²) < 4.78 is 13.7. The fourth-order valence-electron chi connectivity index (χ4n) is 1.50. The van der Waals surface area contributed by atoms with Crippen molar-refractivity contribution in [2.75, 3.05) is 11.1 Å². The zero-order valence-corrected chi connectivity index (χ0v) is 11.1. The number of hydrogen-bond acceptors (Lipinski definition) is 2. The van der Waals surface area contributed by atoms with Gasteiger partial charge in [0.25, 0.3) is 5.91 Å². The molecule has 98 valence electrons. The van der Waals surface area contributed by atoms with Crippen LogP contribution in [0.1, 0.15) is 10.4 Å². The van der Waals surface area contributed by atoms with Crippen LogP contribution in [-0.2, 0) is 0 Å². The van der Waals surface area contributed by atoms with Crippen LogP contribution in [0, 0.1) is 5.82 Å². The monoisotopic (exact) mass is 298 g/mol. The highest BCUT2D eigenvalue weighted by atomic mass is 35.5. The molecule has 2 aromatic rings. The lowest BCUT2D eigenvalue weighted by molar-refractivity contribution is 0.102. The first-order chi connectivity index (χ1) is 8.99. The van der Waals surface area contributed by atoms with Gasteiger partial charge in [-0.15, -0.1) is 0 Å². The topological polar surface area (TPSA) is 55.1 Å². The second kappa shape index (κ2) is 5.47. The van der Waals surface area contributed by atoms with E-state index in [2.05, 4.69) is 5.32 Å². The maximum atomic E-state index is 13.7. The molecule has 0 aliphatic heterocycles. The van der Waals surface area contributed by atoms with E-state index in [9.17, 15) is 9.18 Å². The molecule has 6 heteroatoms. The van der Waals surface area contributed by atoms with E-state index in [1.165, 1.54) is 30.3 Å². The van der Waals surface area contributed by atoms with Crippen LogP contribution in [0.3, 0.4) is 0 Å². The predicted octanol–water partition coefficient (Wildman–Crippen LogP) is 3.97. The van der Waals surface area contributed by atoms with Crippen molar-refractivity contribution in [1.82, 2.24) is 0 Å². The average molecular weight is 299 g/mol. The van der Waals surface area contributed by atoms with Crippen LogP contribution in [0.25, 0.3) is 0 Å². The van der Waals surface area contributed by atoms with Gasteiger partial charge in [-0.05, 0) is 30.3 Å². The molecule has 0 heterocycles. The number of carbonyl (C=O) groups excluding carboxylic acids is 1. The number of nitrogens with two attached hydrogens (primary N) is 1. The Labute approximate surface area is 119 Å². The lowest BCUT2D eigenvalue weighted by Gasteiger charge is -2.09. The predicted molar refractivity (Wildman–Crippen MR) is 75.2 cm³/mol. The van der Waals surface area contributed by atoms with Crippen LogP contribution >= 0.6 is 23.2 Å². The molecule has 2 aromatic carbocycles. The Morgan fingerprint density at radius 2 is 1.89 bits per heavy atom. The van der Waals surface area contributed by atoms with Crippen molar-refractivity contribution in [3.63, 3.8) is 0 Å². The summed E-state index contributed by atoms with van der Waals surface area (Å²) in [5.74, 6) is -1.40. The van der Waals surface area contributed by atoms with Gasteiger partial charge in [0.1, 0.15) is 0 Å². The smallest absolute Gasteiger partial charge is 0.258 e. The summed E-state index contributed by atoms with van der Waals surface area (Å²) in [6, 6.07) is 8.80. The van der Waals surface area contributed by atoms with Gasteiger partial charge in [0, 0.05) is 5.69 Å². The van der Waals surface area contributed by atoms with Crippen molar-refractivity contribution in [1.29, 1.82) is 0 Å². The highest BCUT2D eigenvalue weighted by Gasteiger charge is 2.15. The van der Waals surface area contributed by atoms with E-state index >= 15 is 0 Å². The van der Waals surface area contributed by atoms with E-state index in [0.29, 0.717) is 11.4 Å². The molecular weight excluding hydrogens is 290 g/mol. The molecule has 0 bridgehead atoms. The van der Waals surface area contributed by atoms with Gasteiger partial charge in [0.15, 0.2) is 5.82 Å². The summed E-state index contributed by atoms with van der Waals surface area (Å²) in [5, 5.41) is 2.66. The van der Waals surface area contributed by atoms with Gasteiger partial charge in [-0.3, -0.25) is 4.79 Å². The van der Waals surface area contributed by atoms with Gasteiger partial charge in [0.2, 0.25) is 0 Å². The van der Waals surface area contributed by atoms with Gasteiger partial charge in [-0.2, -0.15) is 0 Å². The second-order valence-electron chi connectivity index (χ2n) is 3.79. The zero-order valence-electron chi connectivity index (χ0n) is 9.58. The SMILES string of the molecule is Nc1ccc(NC(=O)c2cccc(Cl)c2F)c(Cl)c1. The number of amides is 1. The van der Waals surface area contributed by atoms with Gasteiger partial charge in [-0.1, -0.05) is 29.3 Å². The Bertz CT molecular complexity index is 647. The first kappa shape index (κ1) is 13.6. The standard InChI is InChI=1S/C13H9Cl2FN2O/c14-9-3-1-2-8(12(9)16)13(19)18-11-5-4-7(17)6-10(11)15/h1-6H,17H2,(H,18,19). The molecule has 1 amide bonds. The van der Waals surface area contributed by atoms with Crippen molar-refractivity contribution < 1.29 is 9.18 Å². The molecule has 3 nitrogen and oxygen atoms in total. The molecule has 0 atom stereocenters. The van der Waals surface area contributed by atoms with E-state index in [4.69, 9.17) is 28.9 Å². The Balaban J connectivity index is 2.28. The highest BCUT2D eigenvalue weighted by Crippen LogP contribution is 2.25. The lowest BCUT2D eigenvalue weighted by atomic mass is 10.2. The van der Waals surface area contributed by atoms with Gasteiger partial charge < -0.3 is 11.1 Å². The van der Waals surface area contributed by atoms with E-state index in [-0.39, 0.29) is 15.6 Å². The average Bonchev–Trinajstić information content (AvgIpc) is 2.36. The van der Waals surface area contributed by atoms with Crippen LogP contribution in [0.2, 0.25) is 10.0 Å². The summed E-state index contributed by atoms with van der Waals surface area (Å²) >= 11 is 11.5. The van der Waals surface area contributed by atoms with Crippen molar-refractivity contribution in [2.24, 2.45) is 0 Å². The number of nitrogen functional groups attached to an aromatic ring is 1. The highest BCUT2D eigenvalue weighted by molar-refractivity contribution is 6.34. The van der Waals surface area contributed by atoms with Crippen molar-refractivity contribution in [3.05, 3.63) is 57.8 Å². The molecule has 0 saturated heterocycles. The number of carbonyl (C=O) groups is 1. The number of nitrogens with one attached hydrogen (secondary N) is 1. The number of halogens is 3. The fourth-order valence-corrected chi connectivity index (χ4v) is 1.91. The van der Waals surface area contributed by atoms with Crippen molar-refractivity contribution in [2.45, 2.75) is 0 Å². The zero-order chi connectivity index (χ0) is 14.0. The van der Waals surface area contributed by atoms with Crippen LogP contribution in [-0.4, -0.2) is 5.91 Å². The summed E-state index contributed by atoms with van der Waals surface area (Å²) in [7, 11) is 0. The number of rotatable bonds is 2. The third kappa shape index (κ3) is 2.97. The Kier molecular flexibility index (Phi) is 3.93. The number of hydrogen-bond donors (Lipinski definition) is 2. The maximum absolute atomic E-state index is 13.7. The summed E-state index contributed by atoms with van der Waals surface area (Å²) in [6.07, 6.45) is 0.